The summed E-state index contributed by atoms with van der Waals surface area (Å²) in [7, 11) is 2.25. The van der Waals surface area contributed by atoms with E-state index in [9.17, 15) is 0 Å². The van der Waals surface area contributed by atoms with Crippen LogP contribution in [0, 0.1) is 5.92 Å². The van der Waals surface area contributed by atoms with Crippen molar-refractivity contribution in [3.05, 3.63) is 35.4 Å². The Hall–Kier alpha value is -0.860. The van der Waals surface area contributed by atoms with E-state index < -0.39 is 0 Å². The van der Waals surface area contributed by atoms with E-state index in [2.05, 4.69) is 69.2 Å². The van der Waals surface area contributed by atoms with Crippen molar-refractivity contribution in [1.29, 1.82) is 0 Å². The molecule has 0 saturated heterocycles. The van der Waals surface area contributed by atoms with Crippen LogP contribution in [0.3, 0.4) is 0 Å². The number of benzene rings is 1. The second-order valence-corrected chi connectivity index (χ2v) is 6.18. The van der Waals surface area contributed by atoms with Crippen molar-refractivity contribution in [1.82, 2.24) is 10.2 Å². The maximum atomic E-state index is 3.55. The molecule has 0 aromatic heterocycles. The summed E-state index contributed by atoms with van der Waals surface area (Å²) >= 11 is 0. The predicted octanol–water partition coefficient (Wildman–Crippen LogP) is 4.05. The topological polar surface area (TPSA) is 15.3 Å². The van der Waals surface area contributed by atoms with Crippen LogP contribution in [0.4, 0.5) is 0 Å². The van der Waals surface area contributed by atoms with Gasteiger partial charge in [-0.1, -0.05) is 52.0 Å². The Labute approximate surface area is 125 Å². The Bertz CT molecular complexity index is 369. The molecule has 0 amide bonds. The lowest BCUT2D eigenvalue weighted by Crippen LogP contribution is -2.30. The highest BCUT2D eigenvalue weighted by Gasteiger charge is 2.12. The smallest absolute Gasteiger partial charge is 0.0236 e. The van der Waals surface area contributed by atoms with E-state index in [4.69, 9.17) is 0 Å². The predicted molar refractivity (Wildman–Crippen MR) is 88.8 cm³/mol. The van der Waals surface area contributed by atoms with Gasteiger partial charge in [-0.25, -0.2) is 0 Å². The Kier molecular flexibility index (Phi) is 7.86. The number of rotatable bonds is 9. The lowest BCUT2D eigenvalue weighted by Gasteiger charge is -2.27. The number of hydrogen-bond donors (Lipinski definition) is 1. The maximum Gasteiger partial charge on any atom is 0.0236 e. The molecule has 0 saturated carbocycles. The van der Waals surface area contributed by atoms with Crippen LogP contribution in [-0.4, -0.2) is 24.5 Å². The van der Waals surface area contributed by atoms with Gasteiger partial charge < -0.3 is 5.32 Å². The minimum atomic E-state index is 0.687. The van der Waals surface area contributed by atoms with Crippen LogP contribution in [0.2, 0.25) is 0 Å². The van der Waals surface area contributed by atoms with Gasteiger partial charge in [0.15, 0.2) is 0 Å². The molecule has 1 aromatic carbocycles. The first-order valence-electron chi connectivity index (χ1n) is 8.06. The molecular formula is C18H32N2. The largest absolute Gasteiger partial charge is 0.312 e. The highest BCUT2D eigenvalue weighted by Crippen LogP contribution is 2.15. The van der Waals surface area contributed by atoms with Crippen LogP contribution in [0.25, 0.3) is 0 Å². The second kappa shape index (κ2) is 9.15. The van der Waals surface area contributed by atoms with E-state index in [1.165, 1.54) is 24.0 Å². The molecule has 2 heteroatoms. The number of hydrogen-bond acceptors (Lipinski definition) is 2. The summed E-state index contributed by atoms with van der Waals surface area (Å²) in [5.74, 6) is 0.703. The molecule has 114 valence electrons. The van der Waals surface area contributed by atoms with Gasteiger partial charge in [-0.05, 0) is 43.5 Å². The van der Waals surface area contributed by atoms with Crippen LogP contribution in [0.1, 0.15) is 51.7 Å². The summed E-state index contributed by atoms with van der Waals surface area (Å²) in [6.07, 6.45) is 2.45. The van der Waals surface area contributed by atoms with Gasteiger partial charge in [-0.2, -0.15) is 0 Å². The first-order valence-corrected chi connectivity index (χ1v) is 8.06. The van der Waals surface area contributed by atoms with Crippen molar-refractivity contribution in [3.63, 3.8) is 0 Å². The fourth-order valence-electron chi connectivity index (χ4n) is 2.69. The fourth-order valence-corrected chi connectivity index (χ4v) is 2.69. The van der Waals surface area contributed by atoms with Gasteiger partial charge >= 0.3 is 0 Å². The van der Waals surface area contributed by atoms with Crippen molar-refractivity contribution in [2.45, 2.75) is 59.7 Å². The third kappa shape index (κ3) is 5.64. The minimum absolute atomic E-state index is 0.687. The molecule has 2 nitrogen and oxygen atoms in total. The van der Waals surface area contributed by atoms with Crippen LogP contribution in [0.5, 0.6) is 0 Å². The normalized spacial score (nSPS) is 11.8. The average molecular weight is 276 g/mol. The first kappa shape index (κ1) is 17.2. The van der Waals surface area contributed by atoms with Crippen LogP contribution < -0.4 is 5.32 Å². The van der Waals surface area contributed by atoms with Gasteiger partial charge in [-0.3, -0.25) is 4.90 Å². The highest BCUT2D eigenvalue weighted by molar-refractivity contribution is 5.27. The molecule has 0 aliphatic carbocycles. The van der Waals surface area contributed by atoms with Crippen LogP contribution in [0.15, 0.2) is 24.3 Å². The van der Waals surface area contributed by atoms with Crippen molar-refractivity contribution >= 4 is 0 Å². The monoisotopic (exact) mass is 276 g/mol. The first-order chi connectivity index (χ1) is 9.58. The molecule has 1 rings (SSSR count). The summed E-state index contributed by atoms with van der Waals surface area (Å²) in [4.78, 5) is 2.49. The van der Waals surface area contributed by atoms with Gasteiger partial charge in [0.25, 0.3) is 0 Å². The Balaban J connectivity index is 2.65. The Morgan fingerprint density at radius 2 is 1.65 bits per heavy atom. The second-order valence-electron chi connectivity index (χ2n) is 6.18. The summed E-state index contributed by atoms with van der Waals surface area (Å²) in [6.45, 7) is 12.2. The minimum Gasteiger partial charge on any atom is -0.312 e. The molecule has 0 aliphatic rings. The quantitative estimate of drug-likeness (QED) is 0.732. The molecule has 0 aliphatic heterocycles. The molecule has 0 unspecified atom stereocenters. The standard InChI is InChI=1S/C18H32N2/c1-6-18(7-2)20(5)14-17-11-9-8-10-16(17)13-19-12-15(3)4/h8-11,15,18-19H,6-7,12-14H2,1-5H3. The summed E-state index contributed by atoms with van der Waals surface area (Å²) in [6, 6.07) is 9.51. The van der Waals surface area contributed by atoms with E-state index >= 15 is 0 Å². The zero-order chi connectivity index (χ0) is 15.0. The Morgan fingerprint density at radius 1 is 1.05 bits per heavy atom. The molecule has 1 aromatic rings. The van der Waals surface area contributed by atoms with Crippen LogP contribution in [-0.2, 0) is 13.1 Å². The summed E-state index contributed by atoms with van der Waals surface area (Å²) in [5.41, 5.74) is 2.89. The van der Waals surface area contributed by atoms with E-state index in [-0.39, 0.29) is 0 Å². The van der Waals surface area contributed by atoms with Gasteiger partial charge in [0.1, 0.15) is 0 Å². The molecule has 20 heavy (non-hydrogen) atoms. The zero-order valence-electron chi connectivity index (χ0n) is 13.9. The molecule has 1 N–H and O–H groups in total. The van der Waals surface area contributed by atoms with Crippen LogP contribution >= 0.6 is 0 Å². The fraction of sp³-hybridized carbons (Fsp3) is 0.667. The SMILES string of the molecule is CCC(CC)N(C)Cc1ccccc1CNCC(C)C. The van der Waals surface area contributed by atoms with Crippen molar-refractivity contribution < 1.29 is 0 Å². The molecule has 0 radical (unpaired) electrons. The van der Waals surface area contributed by atoms with E-state index in [1.54, 1.807) is 0 Å². The number of nitrogens with zero attached hydrogens (tertiary/aromatic N) is 1. The molecule has 0 heterocycles. The molecular weight excluding hydrogens is 244 g/mol. The third-order valence-electron chi connectivity index (χ3n) is 3.97. The van der Waals surface area contributed by atoms with Crippen molar-refractivity contribution in [2.75, 3.05) is 13.6 Å². The molecule has 0 fully saturated rings. The molecule has 0 spiro atoms. The Morgan fingerprint density at radius 3 is 2.20 bits per heavy atom. The zero-order valence-corrected chi connectivity index (χ0v) is 13.9. The molecule has 0 bridgehead atoms. The maximum absolute atomic E-state index is 3.55. The van der Waals surface area contributed by atoms with E-state index in [1.807, 2.05) is 0 Å². The van der Waals surface area contributed by atoms with E-state index in [0.717, 1.165) is 19.6 Å². The van der Waals surface area contributed by atoms with Gasteiger partial charge in [-0.15, -0.1) is 0 Å². The van der Waals surface area contributed by atoms with Crippen molar-refractivity contribution in [2.24, 2.45) is 5.92 Å². The highest BCUT2D eigenvalue weighted by atomic mass is 15.1. The number of nitrogens with one attached hydrogen (secondary N) is 1. The van der Waals surface area contributed by atoms with Gasteiger partial charge in [0.05, 0.1) is 0 Å². The van der Waals surface area contributed by atoms with Gasteiger partial charge in [0.2, 0.25) is 0 Å². The van der Waals surface area contributed by atoms with Gasteiger partial charge in [0, 0.05) is 19.1 Å². The molecule has 0 atom stereocenters. The van der Waals surface area contributed by atoms with E-state index in [0.29, 0.717) is 12.0 Å². The third-order valence-corrected chi connectivity index (χ3v) is 3.97. The summed E-state index contributed by atoms with van der Waals surface area (Å²) in [5, 5.41) is 3.55. The van der Waals surface area contributed by atoms with Crippen molar-refractivity contribution in [3.8, 4) is 0 Å². The average Bonchev–Trinajstić information content (AvgIpc) is 2.41. The summed E-state index contributed by atoms with van der Waals surface area (Å²) < 4.78 is 0. The lowest BCUT2D eigenvalue weighted by molar-refractivity contribution is 0.221. The lowest BCUT2D eigenvalue weighted by atomic mass is 10.0.